The molecule has 0 amide bonds. The van der Waals surface area contributed by atoms with E-state index < -0.39 is 0 Å². The van der Waals surface area contributed by atoms with E-state index in [0.29, 0.717) is 0 Å². The highest BCUT2D eigenvalue weighted by molar-refractivity contribution is 4.86. The molecule has 1 heterocycles. The van der Waals surface area contributed by atoms with E-state index in [-0.39, 0.29) is 0 Å². The number of rotatable bonds is 0. The summed E-state index contributed by atoms with van der Waals surface area (Å²) in [5, 5.41) is 10.3. The lowest BCUT2D eigenvalue weighted by Gasteiger charge is -1.78. The van der Waals surface area contributed by atoms with Crippen LogP contribution in [-0.2, 0) is 0 Å². The zero-order valence-corrected chi connectivity index (χ0v) is 3.92. The standard InChI is InChI=1S/C4H4N3/c1-4-2-3-5-7-6-4/h3H,1H3. The maximum Gasteiger partial charge on any atom is 0.0713 e. The largest absolute Gasteiger partial charge is 0.138 e. The molecule has 1 radical (unpaired) electrons. The Hall–Kier alpha value is -0.990. The van der Waals surface area contributed by atoms with Crippen molar-refractivity contribution < 1.29 is 0 Å². The van der Waals surface area contributed by atoms with Gasteiger partial charge in [-0.15, -0.1) is 10.2 Å². The molecule has 0 atom stereocenters. The van der Waals surface area contributed by atoms with Gasteiger partial charge in [0.15, 0.2) is 0 Å². The van der Waals surface area contributed by atoms with Crippen molar-refractivity contribution in [2.45, 2.75) is 6.92 Å². The van der Waals surface area contributed by atoms with E-state index in [1.165, 1.54) is 6.20 Å². The van der Waals surface area contributed by atoms with Crippen LogP contribution in [0, 0.1) is 13.0 Å². The van der Waals surface area contributed by atoms with Crippen molar-refractivity contribution in [3.8, 4) is 0 Å². The predicted molar refractivity (Wildman–Crippen MR) is 23.4 cm³/mol. The molecule has 0 saturated heterocycles. The Morgan fingerprint density at radius 1 is 1.71 bits per heavy atom. The third-order valence-corrected chi connectivity index (χ3v) is 0.578. The van der Waals surface area contributed by atoms with Gasteiger partial charge in [-0.25, -0.2) is 0 Å². The summed E-state index contributed by atoms with van der Waals surface area (Å²) in [5.41, 5.74) is 0.773. The van der Waals surface area contributed by atoms with Crippen LogP contribution in [0.5, 0.6) is 0 Å². The topological polar surface area (TPSA) is 38.7 Å². The summed E-state index contributed by atoms with van der Waals surface area (Å²) in [5.74, 6) is 0. The second-order valence-corrected chi connectivity index (χ2v) is 1.16. The molecule has 7 heavy (non-hydrogen) atoms. The van der Waals surface area contributed by atoms with Gasteiger partial charge < -0.3 is 0 Å². The normalized spacial score (nSPS) is 8.71. The summed E-state index contributed by atoms with van der Waals surface area (Å²) < 4.78 is 0. The number of nitrogens with zero attached hydrogens (tertiary/aromatic N) is 3. The highest BCUT2D eigenvalue weighted by atomic mass is 15.3. The first-order valence-electron chi connectivity index (χ1n) is 1.92. The number of aromatic nitrogens is 3. The fourth-order valence-electron chi connectivity index (χ4n) is 0.270. The van der Waals surface area contributed by atoms with Crippen molar-refractivity contribution in [2.75, 3.05) is 0 Å². The molecule has 1 aromatic rings. The van der Waals surface area contributed by atoms with Crippen molar-refractivity contribution in [3.05, 3.63) is 18.0 Å². The van der Waals surface area contributed by atoms with Gasteiger partial charge in [0, 0.05) is 6.07 Å². The first kappa shape index (κ1) is 4.18. The Morgan fingerprint density at radius 3 is 2.86 bits per heavy atom. The molecule has 0 unspecified atom stereocenters. The molecule has 0 fully saturated rings. The van der Waals surface area contributed by atoms with Crippen molar-refractivity contribution >= 4 is 0 Å². The Labute approximate surface area is 41.4 Å². The number of aryl methyl sites for hydroxylation is 1. The van der Waals surface area contributed by atoms with Gasteiger partial charge in [-0.2, -0.15) is 0 Å². The highest BCUT2D eigenvalue weighted by Crippen LogP contribution is 1.77. The molecule has 0 bridgehead atoms. The van der Waals surface area contributed by atoms with Crippen LogP contribution in [0.15, 0.2) is 6.20 Å². The summed E-state index contributed by atoms with van der Waals surface area (Å²) in [7, 11) is 0. The predicted octanol–water partition coefficient (Wildman–Crippen LogP) is -0.0198. The monoisotopic (exact) mass is 94.0 g/mol. The van der Waals surface area contributed by atoms with E-state index >= 15 is 0 Å². The van der Waals surface area contributed by atoms with Crippen LogP contribution in [0.4, 0.5) is 0 Å². The van der Waals surface area contributed by atoms with Crippen LogP contribution < -0.4 is 0 Å². The summed E-state index contributed by atoms with van der Waals surface area (Å²) >= 11 is 0. The van der Waals surface area contributed by atoms with Gasteiger partial charge in [0.05, 0.1) is 11.9 Å². The smallest absolute Gasteiger partial charge is 0.0713 e. The molecule has 35 valence electrons. The molecule has 0 aliphatic heterocycles. The van der Waals surface area contributed by atoms with Crippen molar-refractivity contribution in [2.24, 2.45) is 0 Å². The van der Waals surface area contributed by atoms with E-state index in [1.807, 2.05) is 6.92 Å². The van der Waals surface area contributed by atoms with Gasteiger partial charge in [-0.1, -0.05) is 0 Å². The summed E-state index contributed by atoms with van der Waals surface area (Å²) in [4.78, 5) is 0. The molecule has 1 aromatic heterocycles. The third-order valence-electron chi connectivity index (χ3n) is 0.578. The fraction of sp³-hybridized carbons (Fsp3) is 0.250. The molecule has 3 heteroatoms. The Morgan fingerprint density at radius 2 is 2.57 bits per heavy atom. The second kappa shape index (κ2) is 1.64. The lowest BCUT2D eigenvalue weighted by molar-refractivity contribution is 0.836. The van der Waals surface area contributed by atoms with E-state index in [9.17, 15) is 0 Å². The molecule has 0 aliphatic rings. The highest BCUT2D eigenvalue weighted by Gasteiger charge is 1.77. The molecular weight excluding hydrogens is 90.1 g/mol. The first-order chi connectivity index (χ1) is 3.39. The van der Waals surface area contributed by atoms with Gasteiger partial charge in [0.2, 0.25) is 0 Å². The zero-order valence-electron chi connectivity index (χ0n) is 3.92. The van der Waals surface area contributed by atoms with Crippen molar-refractivity contribution in [1.29, 1.82) is 0 Å². The molecule has 0 spiro atoms. The molecule has 1 rings (SSSR count). The van der Waals surface area contributed by atoms with Crippen LogP contribution in [-0.4, -0.2) is 15.4 Å². The average molecular weight is 94.1 g/mol. The fourth-order valence-corrected chi connectivity index (χ4v) is 0.270. The van der Waals surface area contributed by atoms with Crippen LogP contribution in [0.25, 0.3) is 0 Å². The third kappa shape index (κ3) is 0.924. The number of hydrogen-bond donors (Lipinski definition) is 0. The summed E-state index contributed by atoms with van der Waals surface area (Å²) in [6.45, 7) is 1.81. The van der Waals surface area contributed by atoms with Crippen molar-refractivity contribution in [1.82, 2.24) is 15.4 Å². The van der Waals surface area contributed by atoms with E-state index in [4.69, 9.17) is 0 Å². The van der Waals surface area contributed by atoms with Crippen LogP contribution in [0.3, 0.4) is 0 Å². The first-order valence-corrected chi connectivity index (χ1v) is 1.92. The average Bonchev–Trinajstić information content (AvgIpc) is 1.69. The van der Waals surface area contributed by atoms with Crippen molar-refractivity contribution in [3.63, 3.8) is 0 Å². The van der Waals surface area contributed by atoms with E-state index in [0.717, 1.165) is 5.69 Å². The van der Waals surface area contributed by atoms with Gasteiger partial charge in [0.1, 0.15) is 0 Å². The van der Waals surface area contributed by atoms with Crippen LogP contribution in [0.2, 0.25) is 0 Å². The van der Waals surface area contributed by atoms with Gasteiger partial charge in [-0.05, 0) is 12.1 Å². The van der Waals surface area contributed by atoms with Crippen LogP contribution >= 0.6 is 0 Å². The molecule has 0 N–H and O–H groups in total. The minimum absolute atomic E-state index is 0.773. The van der Waals surface area contributed by atoms with E-state index in [1.54, 1.807) is 0 Å². The molecule has 0 aromatic carbocycles. The van der Waals surface area contributed by atoms with Gasteiger partial charge in [-0.3, -0.25) is 0 Å². The van der Waals surface area contributed by atoms with Crippen LogP contribution in [0.1, 0.15) is 5.69 Å². The number of hydrogen-bond acceptors (Lipinski definition) is 3. The minimum atomic E-state index is 0.773. The maximum absolute atomic E-state index is 3.56. The lowest BCUT2D eigenvalue weighted by Crippen LogP contribution is -1.86. The SMILES string of the molecule is Cc1[c]cnnn1. The Kier molecular flexibility index (Phi) is 0.978. The lowest BCUT2D eigenvalue weighted by atomic mass is 10.5. The maximum atomic E-state index is 3.56. The summed E-state index contributed by atoms with van der Waals surface area (Å²) in [6.07, 6.45) is 1.49. The second-order valence-electron chi connectivity index (χ2n) is 1.16. The minimum Gasteiger partial charge on any atom is -0.138 e. The summed E-state index contributed by atoms with van der Waals surface area (Å²) in [6, 6.07) is 2.75. The quantitative estimate of drug-likeness (QED) is 0.453. The molecular formula is C4H4N3. The van der Waals surface area contributed by atoms with Gasteiger partial charge >= 0.3 is 0 Å². The molecule has 0 saturated carbocycles. The molecule has 0 aliphatic carbocycles. The van der Waals surface area contributed by atoms with Gasteiger partial charge in [0.25, 0.3) is 0 Å². The Bertz CT molecular complexity index is 137. The Balaban J connectivity index is 3.02. The zero-order chi connectivity index (χ0) is 5.11. The molecule has 3 nitrogen and oxygen atoms in total. The van der Waals surface area contributed by atoms with E-state index in [2.05, 4.69) is 21.5 Å².